The number of rotatable bonds is 3. The first-order chi connectivity index (χ1) is 8.94. The van der Waals surface area contributed by atoms with Gasteiger partial charge >= 0.3 is 0 Å². The van der Waals surface area contributed by atoms with Crippen LogP contribution in [0.25, 0.3) is 0 Å². The molecule has 3 nitrogen and oxygen atoms in total. The summed E-state index contributed by atoms with van der Waals surface area (Å²) >= 11 is 1.80. The van der Waals surface area contributed by atoms with E-state index < -0.39 is 5.60 Å². The Bertz CT molecular complexity index is 459. The van der Waals surface area contributed by atoms with E-state index in [1.807, 2.05) is 18.2 Å². The average molecular weight is 282 g/mol. The van der Waals surface area contributed by atoms with E-state index in [9.17, 15) is 5.11 Å². The molecule has 0 bridgehead atoms. The average Bonchev–Trinajstić information content (AvgIpc) is 2.41. The smallest absolute Gasteiger partial charge is 0.161 e. The van der Waals surface area contributed by atoms with E-state index in [-0.39, 0.29) is 5.41 Å². The standard InChI is InChI=1S/C15H22O3S/c1-14(2)7-8-19-10-15(14,16)11-5-6-12(17-3)13(9-11)18-4/h5-6,9,16H,7-8,10H2,1-4H3. The molecule has 1 unspecified atom stereocenters. The van der Waals surface area contributed by atoms with Gasteiger partial charge in [-0.1, -0.05) is 19.9 Å². The Kier molecular flexibility index (Phi) is 4.02. The van der Waals surface area contributed by atoms with Crippen LogP contribution in [0.5, 0.6) is 11.5 Å². The minimum absolute atomic E-state index is 0.141. The maximum atomic E-state index is 11.1. The van der Waals surface area contributed by atoms with E-state index >= 15 is 0 Å². The Balaban J connectivity index is 2.45. The largest absolute Gasteiger partial charge is 0.493 e. The van der Waals surface area contributed by atoms with Gasteiger partial charge in [0.1, 0.15) is 5.60 Å². The molecule has 0 aliphatic carbocycles. The maximum absolute atomic E-state index is 11.1. The Morgan fingerprint density at radius 2 is 1.84 bits per heavy atom. The molecule has 1 aliphatic rings. The molecule has 1 fully saturated rings. The predicted molar refractivity (Wildman–Crippen MR) is 79.2 cm³/mol. The third-order valence-electron chi connectivity index (χ3n) is 4.16. The van der Waals surface area contributed by atoms with Crippen molar-refractivity contribution < 1.29 is 14.6 Å². The van der Waals surface area contributed by atoms with E-state index in [0.717, 1.165) is 23.5 Å². The summed E-state index contributed by atoms with van der Waals surface area (Å²) in [6.45, 7) is 4.26. The molecule has 1 aromatic rings. The lowest BCUT2D eigenvalue weighted by atomic mass is 9.70. The molecule has 0 amide bonds. The number of methoxy groups -OCH3 is 2. The van der Waals surface area contributed by atoms with Crippen LogP contribution in [0, 0.1) is 5.41 Å². The first-order valence-corrected chi connectivity index (χ1v) is 7.63. The van der Waals surface area contributed by atoms with Crippen LogP contribution in [0.4, 0.5) is 0 Å². The van der Waals surface area contributed by atoms with E-state index in [1.165, 1.54) is 0 Å². The van der Waals surface area contributed by atoms with Crippen LogP contribution < -0.4 is 9.47 Å². The summed E-state index contributed by atoms with van der Waals surface area (Å²) < 4.78 is 10.6. The van der Waals surface area contributed by atoms with E-state index in [1.54, 1.807) is 26.0 Å². The van der Waals surface area contributed by atoms with Crippen LogP contribution in [-0.2, 0) is 5.60 Å². The lowest BCUT2D eigenvalue weighted by Crippen LogP contribution is -2.47. The molecule has 1 saturated heterocycles. The Hall–Kier alpha value is -0.870. The molecule has 0 saturated carbocycles. The second-order valence-corrected chi connectivity index (χ2v) is 6.72. The second-order valence-electron chi connectivity index (χ2n) is 5.62. The van der Waals surface area contributed by atoms with Crippen LogP contribution in [-0.4, -0.2) is 30.8 Å². The summed E-state index contributed by atoms with van der Waals surface area (Å²) in [6, 6.07) is 5.70. The normalized spacial score (nSPS) is 25.9. The van der Waals surface area contributed by atoms with Crippen molar-refractivity contribution in [3.05, 3.63) is 23.8 Å². The van der Waals surface area contributed by atoms with Crippen molar-refractivity contribution in [1.29, 1.82) is 0 Å². The zero-order valence-electron chi connectivity index (χ0n) is 12.0. The quantitative estimate of drug-likeness (QED) is 0.925. The Morgan fingerprint density at radius 3 is 2.42 bits per heavy atom. The van der Waals surface area contributed by atoms with Gasteiger partial charge in [-0.15, -0.1) is 0 Å². The number of aliphatic hydroxyl groups is 1. The fourth-order valence-electron chi connectivity index (χ4n) is 2.52. The van der Waals surface area contributed by atoms with Crippen LogP contribution >= 0.6 is 11.8 Å². The van der Waals surface area contributed by atoms with Gasteiger partial charge in [0.2, 0.25) is 0 Å². The molecular formula is C15H22O3S. The van der Waals surface area contributed by atoms with Crippen LogP contribution in [0.3, 0.4) is 0 Å². The number of hydrogen-bond donors (Lipinski definition) is 1. The van der Waals surface area contributed by atoms with Crippen molar-refractivity contribution in [2.75, 3.05) is 25.7 Å². The van der Waals surface area contributed by atoms with Crippen molar-refractivity contribution in [1.82, 2.24) is 0 Å². The number of benzene rings is 1. The first-order valence-electron chi connectivity index (χ1n) is 6.47. The van der Waals surface area contributed by atoms with Crippen LogP contribution in [0.1, 0.15) is 25.8 Å². The molecule has 1 heterocycles. The highest BCUT2D eigenvalue weighted by molar-refractivity contribution is 7.99. The summed E-state index contributed by atoms with van der Waals surface area (Å²) in [5, 5.41) is 11.1. The predicted octanol–water partition coefficient (Wildman–Crippen LogP) is 3.05. The summed E-state index contributed by atoms with van der Waals surface area (Å²) in [7, 11) is 3.24. The van der Waals surface area contributed by atoms with E-state index in [4.69, 9.17) is 9.47 Å². The topological polar surface area (TPSA) is 38.7 Å². The highest BCUT2D eigenvalue weighted by Gasteiger charge is 2.47. The molecule has 1 aromatic carbocycles. The molecule has 4 heteroatoms. The summed E-state index contributed by atoms with van der Waals surface area (Å²) in [5.74, 6) is 3.17. The van der Waals surface area contributed by atoms with Gasteiger partial charge in [0, 0.05) is 5.75 Å². The van der Waals surface area contributed by atoms with Crippen molar-refractivity contribution in [2.24, 2.45) is 5.41 Å². The zero-order valence-corrected chi connectivity index (χ0v) is 12.8. The molecule has 19 heavy (non-hydrogen) atoms. The van der Waals surface area contributed by atoms with Gasteiger partial charge in [-0.05, 0) is 35.3 Å². The van der Waals surface area contributed by atoms with Gasteiger partial charge in [0.25, 0.3) is 0 Å². The van der Waals surface area contributed by atoms with Gasteiger partial charge in [-0.25, -0.2) is 0 Å². The molecule has 106 valence electrons. The molecule has 1 aliphatic heterocycles. The first kappa shape index (κ1) is 14.5. The fraction of sp³-hybridized carbons (Fsp3) is 0.600. The van der Waals surface area contributed by atoms with Crippen molar-refractivity contribution in [3.63, 3.8) is 0 Å². The molecular weight excluding hydrogens is 260 g/mol. The Morgan fingerprint density at radius 1 is 1.16 bits per heavy atom. The van der Waals surface area contributed by atoms with Gasteiger partial charge in [0.05, 0.1) is 14.2 Å². The van der Waals surface area contributed by atoms with Crippen molar-refractivity contribution in [3.8, 4) is 11.5 Å². The highest BCUT2D eigenvalue weighted by atomic mass is 32.2. The third kappa shape index (κ3) is 2.43. The van der Waals surface area contributed by atoms with Crippen LogP contribution in [0.15, 0.2) is 18.2 Å². The molecule has 0 radical (unpaired) electrons. The fourth-order valence-corrected chi connectivity index (χ4v) is 4.17. The SMILES string of the molecule is COc1ccc(C2(O)CSCCC2(C)C)cc1OC. The molecule has 1 N–H and O–H groups in total. The minimum atomic E-state index is -0.824. The maximum Gasteiger partial charge on any atom is 0.161 e. The van der Waals surface area contributed by atoms with Gasteiger partial charge in [0.15, 0.2) is 11.5 Å². The van der Waals surface area contributed by atoms with E-state index in [0.29, 0.717) is 11.5 Å². The summed E-state index contributed by atoms with van der Waals surface area (Å²) in [6.07, 6.45) is 1.00. The van der Waals surface area contributed by atoms with Gasteiger partial charge in [-0.3, -0.25) is 0 Å². The summed E-state index contributed by atoms with van der Waals surface area (Å²) in [5.41, 5.74) is -0.0600. The van der Waals surface area contributed by atoms with Crippen LogP contribution in [0.2, 0.25) is 0 Å². The third-order valence-corrected chi connectivity index (χ3v) is 5.28. The molecule has 0 aromatic heterocycles. The number of thioether (sulfide) groups is 1. The Labute approximate surface area is 119 Å². The summed E-state index contributed by atoms with van der Waals surface area (Å²) in [4.78, 5) is 0. The minimum Gasteiger partial charge on any atom is -0.493 e. The lowest BCUT2D eigenvalue weighted by molar-refractivity contribution is -0.0580. The lowest BCUT2D eigenvalue weighted by Gasteiger charge is -2.46. The second kappa shape index (κ2) is 5.25. The van der Waals surface area contributed by atoms with Gasteiger partial charge in [-0.2, -0.15) is 11.8 Å². The molecule has 2 rings (SSSR count). The molecule has 0 spiro atoms. The monoisotopic (exact) mass is 282 g/mol. The van der Waals surface area contributed by atoms with Crippen molar-refractivity contribution in [2.45, 2.75) is 25.9 Å². The highest BCUT2D eigenvalue weighted by Crippen LogP contribution is 2.49. The zero-order chi connectivity index (χ0) is 14.1. The van der Waals surface area contributed by atoms with Crippen molar-refractivity contribution >= 4 is 11.8 Å². The van der Waals surface area contributed by atoms with Gasteiger partial charge < -0.3 is 14.6 Å². The van der Waals surface area contributed by atoms with E-state index in [2.05, 4.69) is 13.8 Å². The molecule has 1 atom stereocenters. The number of ether oxygens (including phenoxy) is 2. The number of hydrogen-bond acceptors (Lipinski definition) is 4.